The van der Waals surface area contributed by atoms with E-state index in [0.29, 0.717) is 11.3 Å². The highest BCUT2D eigenvalue weighted by Crippen LogP contribution is 2.17. The molecule has 0 saturated carbocycles. The smallest absolute Gasteiger partial charge is 0.343 e. The predicted octanol–water partition coefficient (Wildman–Crippen LogP) is 6.62. The Bertz CT molecular complexity index is 932. The normalized spacial score (nSPS) is 10.8. The number of benzene rings is 3. The summed E-state index contributed by atoms with van der Waals surface area (Å²) in [6, 6.07) is 23.9. The van der Waals surface area contributed by atoms with Crippen molar-refractivity contribution in [3.05, 3.63) is 90.0 Å². The van der Waals surface area contributed by atoms with Crippen molar-refractivity contribution in [1.82, 2.24) is 0 Å². The summed E-state index contributed by atoms with van der Waals surface area (Å²) in [7, 11) is 0. The summed E-state index contributed by atoms with van der Waals surface area (Å²) in [4.78, 5) is 16.7. The monoisotopic (exact) mass is 401 g/mol. The summed E-state index contributed by atoms with van der Waals surface area (Å²) in [6.07, 6.45) is 6.58. The van der Waals surface area contributed by atoms with E-state index in [0.717, 1.165) is 30.0 Å². The van der Waals surface area contributed by atoms with Crippen LogP contribution in [0.4, 0.5) is 5.69 Å². The molecular formula is C26H27NO3. The third kappa shape index (κ3) is 6.89. The zero-order valence-corrected chi connectivity index (χ0v) is 17.3. The molecule has 0 aliphatic heterocycles. The van der Waals surface area contributed by atoms with Crippen LogP contribution in [-0.4, -0.2) is 18.8 Å². The van der Waals surface area contributed by atoms with Crippen LogP contribution >= 0.6 is 0 Å². The number of rotatable bonds is 10. The molecule has 0 heterocycles. The highest BCUT2D eigenvalue weighted by Gasteiger charge is 2.07. The Kier molecular flexibility index (Phi) is 8.22. The topological polar surface area (TPSA) is 47.9 Å². The molecule has 0 bridgehead atoms. The number of hydrogen-bond donors (Lipinski definition) is 0. The second kappa shape index (κ2) is 11.6. The quantitative estimate of drug-likeness (QED) is 0.166. The van der Waals surface area contributed by atoms with Gasteiger partial charge in [0.2, 0.25) is 0 Å². The minimum atomic E-state index is -0.387. The number of hydrogen-bond acceptors (Lipinski definition) is 4. The van der Waals surface area contributed by atoms with Crippen LogP contribution < -0.4 is 9.47 Å². The Morgan fingerprint density at radius 1 is 0.833 bits per heavy atom. The molecule has 154 valence electrons. The van der Waals surface area contributed by atoms with E-state index in [1.165, 1.54) is 19.3 Å². The molecule has 0 aromatic heterocycles. The van der Waals surface area contributed by atoms with Crippen molar-refractivity contribution in [2.24, 2.45) is 4.99 Å². The van der Waals surface area contributed by atoms with Crippen molar-refractivity contribution in [1.29, 1.82) is 0 Å². The third-order valence-corrected chi connectivity index (χ3v) is 4.57. The Morgan fingerprint density at radius 2 is 1.57 bits per heavy atom. The molecule has 0 fully saturated rings. The van der Waals surface area contributed by atoms with Crippen LogP contribution in [0.15, 0.2) is 83.9 Å². The fraction of sp³-hybridized carbons (Fsp3) is 0.231. The summed E-state index contributed by atoms with van der Waals surface area (Å²) < 4.78 is 11.1. The first-order valence-corrected chi connectivity index (χ1v) is 10.4. The van der Waals surface area contributed by atoms with Crippen molar-refractivity contribution < 1.29 is 14.3 Å². The van der Waals surface area contributed by atoms with Crippen molar-refractivity contribution in [2.45, 2.75) is 32.6 Å². The van der Waals surface area contributed by atoms with E-state index in [-0.39, 0.29) is 5.97 Å². The lowest BCUT2D eigenvalue weighted by Crippen LogP contribution is -2.07. The first kappa shape index (κ1) is 21.3. The summed E-state index contributed by atoms with van der Waals surface area (Å²) in [5.41, 5.74) is 2.24. The van der Waals surface area contributed by atoms with Gasteiger partial charge in [-0.3, -0.25) is 4.99 Å². The van der Waals surface area contributed by atoms with Gasteiger partial charge < -0.3 is 9.47 Å². The van der Waals surface area contributed by atoms with Gasteiger partial charge in [-0.2, -0.15) is 0 Å². The van der Waals surface area contributed by atoms with Gasteiger partial charge in [0, 0.05) is 6.21 Å². The third-order valence-electron chi connectivity index (χ3n) is 4.57. The standard InChI is InChI=1S/C26H27NO3/c1-2-3-4-8-19-29-24-17-11-21(12-18-24)20-27-23-15-13-22(14-16-23)26(28)30-25-9-6-5-7-10-25/h5-7,9-18,20H,2-4,8,19H2,1H3. The van der Waals surface area contributed by atoms with Gasteiger partial charge in [0.15, 0.2) is 0 Å². The van der Waals surface area contributed by atoms with Crippen molar-refractivity contribution in [3.63, 3.8) is 0 Å². The number of para-hydroxylation sites is 1. The van der Waals surface area contributed by atoms with Gasteiger partial charge in [0.1, 0.15) is 11.5 Å². The van der Waals surface area contributed by atoms with E-state index < -0.39 is 0 Å². The molecule has 0 saturated heterocycles. The second-order valence-electron chi connectivity index (χ2n) is 6.99. The van der Waals surface area contributed by atoms with Crippen LogP contribution in [0.25, 0.3) is 0 Å². The molecule has 0 unspecified atom stereocenters. The molecule has 0 spiro atoms. The molecule has 0 radical (unpaired) electrons. The summed E-state index contributed by atoms with van der Waals surface area (Å²) >= 11 is 0. The molecule has 3 aromatic carbocycles. The van der Waals surface area contributed by atoms with E-state index in [2.05, 4.69) is 11.9 Å². The van der Waals surface area contributed by atoms with Crippen LogP contribution in [0.1, 0.15) is 48.5 Å². The molecule has 3 aromatic rings. The molecule has 4 nitrogen and oxygen atoms in total. The van der Waals surface area contributed by atoms with Gasteiger partial charge in [0.05, 0.1) is 17.9 Å². The zero-order chi connectivity index (χ0) is 21.0. The lowest BCUT2D eigenvalue weighted by atomic mass is 10.2. The van der Waals surface area contributed by atoms with Gasteiger partial charge in [-0.1, -0.05) is 44.4 Å². The van der Waals surface area contributed by atoms with E-state index in [1.54, 1.807) is 42.6 Å². The van der Waals surface area contributed by atoms with E-state index in [4.69, 9.17) is 9.47 Å². The molecule has 3 rings (SSSR count). The van der Waals surface area contributed by atoms with Gasteiger partial charge >= 0.3 is 5.97 Å². The van der Waals surface area contributed by atoms with Gasteiger partial charge in [-0.25, -0.2) is 4.79 Å². The maximum absolute atomic E-state index is 12.2. The first-order chi connectivity index (χ1) is 14.7. The molecular weight excluding hydrogens is 374 g/mol. The summed E-state index contributed by atoms with van der Waals surface area (Å²) in [6.45, 7) is 2.96. The Balaban J connectivity index is 1.50. The number of nitrogens with zero attached hydrogens (tertiary/aromatic N) is 1. The largest absolute Gasteiger partial charge is 0.494 e. The predicted molar refractivity (Wildman–Crippen MR) is 121 cm³/mol. The van der Waals surface area contributed by atoms with Gasteiger partial charge in [-0.15, -0.1) is 0 Å². The average molecular weight is 402 g/mol. The Labute approximate surface area is 178 Å². The van der Waals surface area contributed by atoms with E-state index >= 15 is 0 Å². The van der Waals surface area contributed by atoms with Crippen LogP contribution in [-0.2, 0) is 0 Å². The summed E-state index contributed by atoms with van der Waals surface area (Å²) in [5, 5.41) is 0. The maximum atomic E-state index is 12.2. The van der Waals surface area contributed by atoms with Crippen molar-refractivity contribution in [3.8, 4) is 11.5 Å². The van der Waals surface area contributed by atoms with Gasteiger partial charge in [-0.05, 0) is 72.6 Å². The van der Waals surface area contributed by atoms with Crippen LogP contribution in [0.5, 0.6) is 11.5 Å². The minimum Gasteiger partial charge on any atom is -0.494 e. The van der Waals surface area contributed by atoms with Gasteiger partial charge in [0.25, 0.3) is 0 Å². The zero-order valence-electron chi connectivity index (χ0n) is 17.3. The van der Waals surface area contributed by atoms with Crippen LogP contribution in [0, 0.1) is 0 Å². The highest BCUT2D eigenvalue weighted by atomic mass is 16.5. The molecule has 30 heavy (non-hydrogen) atoms. The lowest BCUT2D eigenvalue weighted by molar-refractivity contribution is 0.0735. The molecule has 0 aliphatic carbocycles. The molecule has 0 amide bonds. The number of unbranched alkanes of at least 4 members (excludes halogenated alkanes) is 3. The maximum Gasteiger partial charge on any atom is 0.343 e. The Hall–Kier alpha value is -3.40. The fourth-order valence-electron chi connectivity index (χ4n) is 2.86. The number of ether oxygens (including phenoxy) is 2. The van der Waals surface area contributed by atoms with Crippen molar-refractivity contribution >= 4 is 17.9 Å². The fourth-order valence-corrected chi connectivity index (χ4v) is 2.86. The molecule has 0 aliphatic rings. The number of esters is 1. The first-order valence-electron chi connectivity index (χ1n) is 10.4. The van der Waals surface area contributed by atoms with Crippen LogP contribution in [0.3, 0.4) is 0 Å². The second-order valence-corrected chi connectivity index (χ2v) is 6.99. The number of aliphatic imine (C=N–C) groups is 1. The van der Waals surface area contributed by atoms with Crippen molar-refractivity contribution in [2.75, 3.05) is 6.61 Å². The lowest BCUT2D eigenvalue weighted by Gasteiger charge is -2.06. The molecule has 4 heteroatoms. The number of carbonyl (C=O) groups excluding carboxylic acids is 1. The highest BCUT2D eigenvalue weighted by molar-refractivity contribution is 5.91. The SMILES string of the molecule is CCCCCCOc1ccc(C=Nc2ccc(C(=O)Oc3ccccc3)cc2)cc1. The number of carbonyl (C=O) groups is 1. The minimum absolute atomic E-state index is 0.387. The molecule has 0 N–H and O–H groups in total. The summed E-state index contributed by atoms with van der Waals surface area (Å²) in [5.74, 6) is 1.02. The van der Waals surface area contributed by atoms with E-state index in [9.17, 15) is 4.79 Å². The van der Waals surface area contributed by atoms with Crippen LogP contribution in [0.2, 0.25) is 0 Å². The Morgan fingerprint density at radius 3 is 2.27 bits per heavy atom. The van der Waals surface area contributed by atoms with E-state index in [1.807, 2.05) is 42.5 Å². The molecule has 0 atom stereocenters. The average Bonchev–Trinajstić information content (AvgIpc) is 2.79.